The van der Waals surface area contributed by atoms with Crippen molar-refractivity contribution in [2.75, 3.05) is 13.1 Å². The van der Waals surface area contributed by atoms with Crippen LogP contribution in [0.1, 0.15) is 26.3 Å². The summed E-state index contributed by atoms with van der Waals surface area (Å²) in [4.78, 5) is 37.6. The molecule has 0 aromatic heterocycles. The van der Waals surface area contributed by atoms with E-state index in [2.05, 4.69) is 5.32 Å². The van der Waals surface area contributed by atoms with E-state index >= 15 is 0 Å². The minimum atomic E-state index is -0.494. The SMILES string of the molecule is CC(C)(C)C(=O)NCCN1C(=O)S/C(=C\c2ccccc2)C1=O. The fourth-order valence-corrected chi connectivity index (χ4v) is 2.80. The summed E-state index contributed by atoms with van der Waals surface area (Å²) in [6.45, 7) is 5.87. The van der Waals surface area contributed by atoms with Crippen LogP contribution in [0, 0.1) is 5.41 Å². The zero-order valence-electron chi connectivity index (χ0n) is 13.5. The Morgan fingerprint density at radius 1 is 1.22 bits per heavy atom. The van der Waals surface area contributed by atoms with Gasteiger partial charge in [-0.05, 0) is 23.4 Å². The number of hydrogen-bond acceptors (Lipinski definition) is 4. The van der Waals surface area contributed by atoms with Gasteiger partial charge in [0, 0.05) is 18.5 Å². The quantitative estimate of drug-likeness (QED) is 0.861. The van der Waals surface area contributed by atoms with E-state index < -0.39 is 5.41 Å². The number of imide groups is 1. The smallest absolute Gasteiger partial charge is 0.293 e. The first-order valence-corrected chi connectivity index (χ1v) is 8.19. The Balaban J connectivity index is 1.97. The summed E-state index contributed by atoms with van der Waals surface area (Å²) >= 11 is 0.927. The van der Waals surface area contributed by atoms with Crippen LogP contribution < -0.4 is 5.32 Å². The summed E-state index contributed by atoms with van der Waals surface area (Å²) in [7, 11) is 0. The van der Waals surface area contributed by atoms with Crippen molar-refractivity contribution in [1.82, 2.24) is 10.2 Å². The van der Waals surface area contributed by atoms with Gasteiger partial charge in [-0.1, -0.05) is 51.1 Å². The first-order chi connectivity index (χ1) is 10.8. The number of nitrogens with zero attached hydrogens (tertiary/aromatic N) is 1. The van der Waals surface area contributed by atoms with Gasteiger partial charge in [0.1, 0.15) is 0 Å². The monoisotopic (exact) mass is 332 g/mol. The molecule has 0 radical (unpaired) electrons. The van der Waals surface area contributed by atoms with E-state index in [0.29, 0.717) is 4.91 Å². The molecule has 23 heavy (non-hydrogen) atoms. The van der Waals surface area contributed by atoms with Crippen molar-refractivity contribution in [3.63, 3.8) is 0 Å². The second-order valence-electron chi connectivity index (χ2n) is 6.25. The maximum Gasteiger partial charge on any atom is 0.293 e. The second kappa shape index (κ2) is 7.00. The van der Waals surface area contributed by atoms with Gasteiger partial charge in [0.15, 0.2) is 0 Å². The lowest BCUT2D eigenvalue weighted by Crippen LogP contribution is -2.41. The van der Waals surface area contributed by atoms with Crippen LogP contribution >= 0.6 is 11.8 Å². The third-order valence-corrected chi connectivity index (χ3v) is 4.18. The molecule has 0 unspecified atom stereocenters. The van der Waals surface area contributed by atoms with E-state index in [9.17, 15) is 14.4 Å². The molecule has 1 fully saturated rings. The average Bonchev–Trinajstić information content (AvgIpc) is 2.74. The van der Waals surface area contributed by atoms with Crippen LogP contribution in [0.4, 0.5) is 4.79 Å². The molecule has 2 rings (SSSR count). The Bertz CT molecular complexity index is 648. The molecule has 1 aromatic rings. The molecule has 6 heteroatoms. The van der Waals surface area contributed by atoms with Crippen molar-refractivity contribution in [2.24, 2.45) is 5.41 Å². The zero-order chi connectivity index (χ0) is 17.0. The molecule has 1 aliphatic rings. The van der Waals surface area contributed by atoms with Gasteiger partial charge in [0.25, 0.3) is 11.1 Å². The summed E-state index contributed by atoms with van der Waals surface area (Å²) in [6, 6.07) is 9.38. The summed E-state index contributed by atoms with van der Waals surface area (Å²) in [5.41, 5.74) is 0.380. The van der Waals surface area contributed by atoms with Crippen molar-refractivity contribution in [2.45, 2.75) is 20.8 Å². The minimum absolute atomic E-state index is 0.107. The number of carbonyl (C=O) groups excluding carboxylic acids is 3. The molecule has 0 aliphatic carbocycles. The lowest BCUT2D eigenvalue weighted by molar-refractivity contribution is -0.129. The van der Waals surface area contributed by atoms with Crippen LogP contribution in [0.3, 0.4) is 0 Å². The number of nitrogens with one attached hydrogen (secondary N) is 1. The van der Waals surface area contributed by atoms with Gasteiger partial charge < -0.3 is 5.32 Å². The van der Waals surface area contributed by atoms with Crippen LogP contribution in [-0.4, -0.2) is 35.0 Å². The minimum Gasteiger partial charge on any atom is -0.354 e. The Morgan fingerprint density at radius 2 is 1.87 bits per heavy atom. The Labute approximate surface area is 140 Å². The highest BCUT2D eigenvalue weighted by molar-refractivity contribution is 8.18. The van der Waals surface area contributed by atoms with Crippen LogP contribution in [0.25, 0.3) is 6.08 Å². The summed E-state index contributed by atoms with van der Waals surface area (Å²) in [5, 5.41) is 2.44. The highest BCUT2D eigenvalue weighted by Crippen LogP contribution is 2.31. The van der Waals surface area contributed by atoms with Crippen LogP contribution in [0.2, 0.25) is 0 Å². The first-order valence-electron chi connectivity index (χ1n) is 7.38. The first kappa shape index (κ1) is 17.3. The molecule has 0 bridgehead atoms. The molecule has 1 heterocycles. The number of hydrogen-bond donors (Lipinski definition) is 1. The molecule has 1 saturated heterocycles. The van der Waals surface area contributed by atoms with E-state index in [4.69, 9.17) is 0 Å². The largest absolute Gasteiger partial charge is 0.354 e. The van der Waals surface area contributed by atoms with Crippen molar-refractivity contribution >= 4 is 34.9 Å². The molecular weight excluding hydrogens is 312 g/mol. The molecule has 0 spiro atoms. The molecule has 0 atom stereocenters. The van der Waals surface area contributed by atoms with E-state index in [1.165, 1.54) is 4.90 Å². The predicted octanol–water partition coefficient (Wildman–Crippen LogP) is 2.89. The van der Waals surface area contributed by atoms with Gasteiger partial charge in [-0.3, -0.25) is 19.3 Å². The molecule has 5 nitrogen and oxygen atoms in total. The normalized spacial score (nSPS) is 17.0. The molecule has 3 amide bonds. The molecular formula is C17H20N2O3S. The fraction of sp³-hybridized carbons (Fsp3) is 0.353. The third kappa shape index (κ3) is 4.45. The van der Waals surface area contributed by atoms with Gasteiger partial charge >= 0.3 is 0 Å². The van der Waals surface area contributed by atoms with Crippen molar-refractivity contribution in [3.05, 3.63) is 40.8 Å². The van der Waals surface area contributed by atoms with Gasteiger partial charge in [0.2, 0.25) is 5.91 Å². The Kier molecular flexibility index (Phi) is 5.26. The van der Waals surface area contributed by atoms with Crippen molar-refractivity contribution < 1.29 is 14.4 Å². The number of rotatable bonds is 4. The van der Waals surface area contributed by atoms with Gasteiger partial charge in [-0.25, -0.2) is 0 Å². The van der Waals surface area contributed by atoms with Gasteiger partial charge in [0.05, 0.1) is 4.91 Å². The maximum atomic E-state index is 12.3. The topological polar surface area (TPSA) is 66.5 Å². The van der Waals surface area contributed by atoms with E-state index in [0.717, 1.165) is 17.3 Å². The van der Waals surface area contributed by atoms with Crippen LogP contribution in [0.15, 0.2) is 35.2 Å². The summed E-state index contributed by atoms with van der Waals surface area (Å²) < 4.78 is 0. The summed E-state index contributed by atoms with van der Waals surface area (Å²) in [5.74, 6) is -0.418. The van der Waals surface area contributed by atoms with Gasteiger partial charge in [-0.2, -0.15) is 0 Å². The molecule has 1 aliphatic heterocycles. The second-order valence-corrected chi connectivity index (χ2v) is 7.24. The number of carbonyl (C=O) groups is 3. The highest BCUT2D eigenvalue weighted by Gasteiger charge is 2.34. The number of thioether (sulfide) groups is 1. The standard InChI is InChI=1S/C17H20N2O3S/c1-17(2,3)15(21)18-9-10-19-14(20)13(23-16(19)22)11-12-7-5-4-6-8-12/h4-8,11H,9-10H2,1-3H3,(H,18,21)/b13-11-. The average molecular weight is 332 g/mol. The Morgan fingerprint density at radius 3 is 2.48 bits per heavy atom. The number of amides is 3. The fourth-order valence-electron chi connectivity index (χ4n) is 1.94. The van der Waals surface area contributed by atoms with Crippen LogP contribution in [-0.2, 0) is 9.59 Å². The predicted molar refractivity (Wildman–Crippen MR) is 91.6 cm³/mol. The summed E-state index contributed by atoms with van der Waals surface area (Å²) in [6.07, 6.45) is 1.71. The molecule has 0 saturated carbocycles. The molecule has 122 valence electrons. The lowest BCUT2D eigenvalue weighted by atomic mass is 9.96. The van der Waals surface area contributed by atoms with Crippen molar-refractivity contribution in [1.29, 1.82) is 0 Å². The van der Waals surface area contributed by atoms with Crippen LogP contribution in [0.5, 0.6) is 0 Å². The van der Waals surface area contributed by atoms with E-state index in [-0.39, 0.29) is 30.1 Å². The maximum absolute atomic E-state index is 12.3. The lowest BCUT2D eigenvalue weighted by Gasteiger charge is -2.19. The number of benzene rings is 1. The third-order valence-electron chi connectivity index (χ3n) is 3.27. The highest BCUT2D eigenvalue weighted by atomic mass is 32.2. The van der Waals surface area contributed by atoms with E-state index in [1.807, 2.05) is 51.1 Å². The Hall–Kier alpha value is -2.08. The van der Waals surface area contributed by atoms with Gasteiger partial charge in [-0.15, -0.1) is 0 Å². The van der Waals surface area contributed by atoms with E-state index in [1.54, 1.807) is 6.08 Å². The van der Waals surface area contributed by atoms with Crippen molar-refractivity contribution in [3.8, 4) is 0 Å². The molecule has 1 N–H and O–H groups in total. The zero-order valence-corrected chi connectivity index (χ0v) is 14.3. The molecule has 1 aromatic carbocycles.